The van der Waals surface area contributed by atoms with Gasteiger partial charge in [0.05, 0.1) is 24.2 Å². The van der Waals surface area contributed by atoms with Crippen molar-refractivity contribution < 1.29 is 14.3 Å². The van der Waals surface area contributed by atoms with Gasteiger partial charge in [0.15, 0.2) is 0 Å². The number of carbonyl (C=O) groups is 2. The molecule has 2 aromatic carbocycles. The van der Waals surface area contributed by atoms with Gasteiger partial charge in [-0.2, -0.15) is 5.10 Å². The summed E-state index contributed by atoms with van der Waals surface area (Å²) in [5, 5.41) is 10.5. The number of anilines is 2. The van der Waals surface area contributed by atoms with Crippen LogP contribution >= 0.6 is 15.9 Å². The van der Waals surface area contributed by atoms with Crippen LogP contribution in [0.15, 0.2) is 59.1 Å². The maximum Gasteiger partial charge on any atom is 0.322 e. The standard InChI is InChI=1S/C25H30BrN5O3/c1-6-30(24(33)27-20-10-8-7-9-19(20)26)16-23(32)28-22-15-21(25(2,3)4)29-31(22)17-11-13-18(34-5)14-12-17/h7-15H,6,16H2,1-5H3,(H,27,33)(H,28,32). The summed E-state index contributed by atoms with van der Waals surface area (Å²) in [6, 6.07) is 16.2. The van der Waals surface area contributed by atoms with Crippen LogP contribution in [0.2, 0.25) is 0 Å². The van der Waals surface area contributed by atoms with Crippen molar-refractivity contribution in [2.24, 2.45) is 0 Å². The van der Waals surface area contributed by atoms with Crippen LogP contribution in [0.25, 0.3) is 5.69 Å². The predicted molar refractivity (Wildman–Crippen MR) is 138 cm³/mol. The highest BCUT2D eigenvalue weighted by atomic mass is 79.9. The van der Waals surface area contributed by atoms with Crippen molar-refractivity contribution in [1.29, 1.82) is 0 Å². The molecule has 0 saturated heterocycles. The number of ether oxygens (including phenoxy) is 1. The van der Waals surface area contributed by atoms with Crippen molar-refractivity contribution in [1.82, 2.24) is 14.7 Å². The maximum absolute atomic E-state index is 12.9. The number of urea groups is 1. The van der Waals surface area contributed by atoms with Crippen molar-refractivity contribution in [2.75, 3.05) is 30.8 Å². The molecule has 0 aliphatic rings. The molecule has 3 aromatic rings. The Balaban J connectivity index is 1.78. The van der Waals surface area contributed by atoms with Crippen LogP contribution in [-0.4, -0.2) is 46.8 Å². The summed E-state index contributed by atoms with van der Waals surface area (Å²) in [6.07, 6.45) is 0. The maximum atomic E-state index is 12.9. The first-order valence-corrected chi connectivity index (χ1v) is 11.8. The van der Waals surface area contributed by atoms with Gasteiger partial charge in [-0.25, -0.2) is 9.48 Å². The number of likely N-dealkylation sites (N-methyl/N-ethyl adjacent to an activating group) is 1. The molecule has 0 atom stereocenters. The van der Waals surface area contributed by atoms with Crippen LogP contribution in [-0.2, 0) is 10.2 Å². The van der Waals surface area contributed by atoms with Crippen molar-refractivity contribution in [3.8, 4) is 11.4 Å². The van der Waals surface area contributed by atoms with E-state index in [9.17, 15) is 9.59 Å². The number of rotatable bonds is 7. The first-order chi connectivity index (χ1) is 16.1. The van der Waals surface area contributed by atoms with Gasteiger partial charge in [-0.05, 0) is 59.3 Å². The van der Waals surface area contributed by atoms with Gasteiger partial charge in [0.2, 0.25) is 5.91 Å². The van der Waals surface area contributed by atoms with Crippen LogP contribution in [0.5, 0.6) is 5.75 Å². The average Bonchev–Trinajstić information content (AvgIpc) is 3.23. The van der Waals surface area contributed by atoms with Crippen LogP contribution in [0, 0.1) is 0 Å². The Morgan fingerprint density at radius 2 is 1.76 bits per heavy atom. The first kappa shape index (κ1) is 25.3. The summed E-state index contributed by atoms with van der Waals surface area (Å²) < 4.78 is 7.70. The molecule has 0 saturated carbocycles. The fourth-order valence-electron chi connectivity index (χ4n) is 3.20. The smallest absolute Gasteiger partial charge is 0.322 e. The highest BCUT2D eigenvalue weighted by Crippen LogP contribution is 2.27. The van der Waals surface area contributed by atoms with Crippen molar-refractivity contribution in [2.45, 2.75) is 33.1 Å². The Bertz CT molecular complexity index is 1150. The third-order valence-electron chi connectivity index (χ3n) is 5.18. The van der Waals surface area contributed by atoms with Gasteiger partial charge >= 0.3 is 6.03 Å². The molecule has 0 aliphatic carbocycles. The summed E-state index contributed by atoms with van der Waals surface area (Å²) in [4.78, 5) is 27.1. The number of nitrogens with one attached hydrogen (secondary N) is 2. The summed E-state index contributed by atoms with van der Waals surface area (Å²) in [5.74, 6) is 0.939. The number of aromatic nitrogens is 2. The van der Waals surface area contributed by atoms with E-state index < -0.39 is 0 Å². The summed E-state index contributed by atoms with van der Waals surface area (Å²) in [5.41, 5.74) is 2.04. The molecule has 0 fully saturated rings. The lowest BCUT2D eigenvalue weighted by molar-refractivity contribution is -0.116. The monoisotopic (exact) mass is 527 g/mol. The third-order valence-corrected chi connectivity index (χ3v) is 5.87. The van der Waals surface area contributed by atoms with Gasteiger partial charge in [-0.15, -0.1) is 0 Å². The second-order valence-corrected chi connectivity index (χ2v) is 9.60. The van der Waals surface area contributed by atoms with E-state index >= 15 is 0 Å². The highest BCUT2D eigenvalue weighted by Gasteiger charge is 2.23. The molecule has 0 spiro atoms. The molecule has 180 valence electrons. The van der Waals surface area contributed by atoms with Crippen LogP contribution in [0.1, 0.15) is 33.4 Å². The van der Waals surface area contributed by atoms with Gasteiger partial charge in [-0.1, -0.05) is 32.9 Å². The lowest BCUT2D eigenvalue weighted by Crippen LogP contribution is -2.40. The molecule has 0 unspecified atom stereocenters. The minimum atomic E-state index is -0.358. The lowest BCUT2D eigenvalue weighted by Gasteiger charge is -2.21. The van der Waals surface area contributed by atoms with Crippen molar-refractivity contribution in [3.63, 3.8) is 0 Å². The van der Waals surface area contributed by atoms with E-state index in [1.807, 2.05) is 55.5 Å². The minimum absolute atomic E-state index is 0.106. The average molecular weight is 528 g/mol. The molecule has 2 N–H and O–H groups in total. The largest absolute Gasteiger partial charge is 0.497 e. The van der Waals surface area contributed by atoms with Gasteiger partial charge in [0.25, 0.3) is 0 Å². The lowest BCUT2D eigenvalue weighted by atomic mass is 9.92. The van der Waals surface area contributed by atoms with E-state index in [2.05, 4.69) is 47.3 Å². The van der Waals surface area contributed by atoms with Gasteiger partial charge in [-0.3, -0.25) is 4.79 Å². The number of benzene rings is 2. The number of hydrogen-bond donors (Lipinski definition) is 2. The Morgan fingerprint density at radius 3 is 2.35 bits per heavy atom. The number of amides is 3. The minimum Gasteiger partial charge on any atom is -0.497 e. The molecular formula is C25H30BrN5O3. The zero-order valence-electron chi connectivity index (χ0n) is 20.1. The molecule has 0 bridgehead atoms. The predicted octanol–water partition coefficient (Wildman–Crippen LogP) is 5.43. The highest BCUT2D eigenvalue weighted by molar-refractivity contribution is 9.10. The van der Waals surface area contributed by atoms with Gasteiger partial charge in [0, 0.05) is 22.5 Å². The fraction of sp³-hybridized carbons (Fsp3) is 0.320. The quantitative estimate of drug-likeness (QED) is 0.428. The van der Waals surface area contributed by atoms with Gasteiger partial charge in [0.1, 0.15) is 18.1 Å². The van der Waals surface area contributed by atoms with Crippen LogP contribution < -0.4 is 15.4 Å². The first-order valence-electron chi connectivity index (χ1n) is 11.0. The molecule has 1 aromatic heterocycles. The second-order valence-electron chi connectivity index (χ2n) is 8.75. The molecule has 9 heteroatoms. The molecule has 34 heavy (non-hydrogen) atoms. The number of methoxy groups -OCH3 is 1. The van der Waals surface area contributed by atoms with Crippen molar-refractivity contribution >= 4 is 39.4 Å². The summed E-state index contributed by atoms with van der Waals surface area (Å²) >= 11 is 3.42. The van der Waals surface area contributed by atoms with Gasteiger partial charge < -0.3 is 20.3 Å². The SMILES string of the molecule is CCN(CC(=O)Nc1cc(C(C)(C)C)nn1-c1ccc(OC)cc1)C(=O)Nc1ccccc1Br. The number of halogens is 1. The molecule has 0 aliphatic heterocycles. The Labute approximate surface area is 208 Å². The molecule has 1 heterocycles. The van der Waals surface area contributed by atoms with E-state index in [4.69, 9.17) is 9.84 Å². The van der Waals surface area contributed by atoms with E-state index in [0.717, 1.165) is 21.6 Å². The Hall–Kier alpha value is -3.33. The van der Waals surface area contributed by atoms with Crippen molar-refractivity contribution in [3.05, 3.63) is 64.8 Å². The molecule has 3 rings (SSSR count). The van der Waals surface area contributed by atoms with E-state index in [1.165, 1.54) is 4.90 Å². The third kappa shape index (κ3) is 6.17. The Morgan fingerprint density at radius 1 is 1.09 bits per heavy atom. The van der Waals surface area contributed by atoms with Crippen LogP contribution in [0.3, 0.4) is 0 Å². The topological polar surface area (TPSA) is 88.5 Å². The number of carbonyl (C=O) groups excluding carboxylic acids is 2. The number of hydrogen-bond acceptors (Lipinski definition) is 4. The Kier molecular flexibility index (Phi) is 7.98. The van der Waals surface area contributed by atoms with E-state index in [-0.39, 0.29) is 23.9 Å². The normalized spacial score (nSPS) is 11.1. The summed E-state index contributed by atoms with van der Waals surface area (Å²) in [6.45, 7) is 8.27. The second kappa shape index (κ2) is 10.7. The molecular weight excluding hydrogens is 498 g/mol. The summed E-state index contributed by atoms with van der Waals surface area (Å²) in [7, 11) is 1.61. The molecule has 3 amide bonds. The zero-order valence-corrected chi connectivity index (χ0v) is 21.6. The number of para-hydroxylation sites is 1. The molecule has 0 radical (unpaired) electrons. The van der Waals surface area contributed by atoms with E-state index in [0.29, 0.717) is 18.1 Å². The zero-order chi connectivity index (χ0) is 24.9. The van der Waals surface area contributed by atoms with Crippen LogP contribution in [0.4, 0.5) is 16.3 Å². The number of nitrogens with zero attached hydrogens (tertiary/aromatic N) is 3. The van der Waals surface area contributed by atoms with E-state index in [1.54, 1.807) is 17.9 Å². The fourth-order valence-corrected chi connectivity index (χ4v) is 3.58. The molecule has 8 nitrogen and oxygen atoms in total.